The normalized spacial score (nSPS) is 14.8. The predicted octanol–water partition coefficient (Wildman–Crippen LogP) is 2.55. The van der Waals surface area contributed by atoms with Crippen LogP contribution in [-0.4, -0.2) is 16.7 Å². The fraction of sp³-hybridized carbons (Fsp3) is 0.0625. The number of fused-ring (bicyclic) bond motifs is 1. The minimum absolute atomic E-state index is 0.355. The fourth-order valence-corrected chi connectivity index (χ4v) is 2.36. The third-order valence-electron chi connectivity index (χ3n) is 3.32. The molecule has 0 spiro atoms. The summed E-state index contributed by atoms with van der Waals surface area (Å²) in [5.74, 6) is -0.831. The number of carbonyl (C=O) groups is 2. The van der Waals surface area contributed by atoms with Gasteiger partial charge in [0.15, 0.2) is 6.04 Å². The Morgan fingerprint density at radius 3 is 1.85 bits per heavy atom. The highest BCUT2D eigenvalue weighted by Crippen LogP contribution is 2.30. The molecule has 3 rings (SSSR count). The molecule has 1 atom stereocenters. The van der Waals surface area contributed by atoms with Crippen LogP contribution >= 0.6 is 0 Å². The Bertz CT molecular complexity index is 697. The monoisotopic (exact) mass is 262 g/mol. The molecule has 0 aliphatic carbocycles. The minimum atomic E-state index is -0.899. The predicted molar refractivity (Wildman–Crippen MR) is 71.7 cm³/mol. The highest BCUT2D eigenvalue weighted by Gasteiger charge is 2.40. The summed E-state index contributed by atoms with van der Waals surface area (Å²) in [6.07, 6.45) is 0. The van der Waals surface area contributed by atoms with E-state index in [0.717, 1.165) is 4.90 Å². The van der Waals surface area contributed by atoms with E-state index in [-0.39, 0.29) is 0 Å². The lowest BCUT2D eigenvalue weighted by Gasteiger charge is -2.20. The second-order valence-corrected chi connectivity index (χ2v) is 4.47. The molecule has 0 N–H and O–H groups in total. The number of hydrogen-bond acceptors (Lipinski definition) is 3. The number of nitriles is 1. The number of benzene rings is 2. The van der Waals surface area contributed by atoms with E-state index < -0.39 is 17.9 Å². The molecule has 0 fully saturated rings. The zero-order valence-corrected chi connectivity index (χ0v) is 10.5. The van der Waals surface area contributed by atoms with Crippen molar-refractivity contribution in [3.05, 3.63) is 71.3 Å². The average Bonchev–Trinajstić information content (AvgIpc) is 2.75. The zero-order chi connectivity index (χ0) is 14.1. The molecule has 4 nitrogen and oxygen atoms in total. The molecule has 2 aromatic rings. The van der Waals surface area contributed by atoms with Gasteiger partial charge in [0.05, 0.1) is 17.2 Å². The van der Waals surface area contributed by atoms with Crippen LogP contribution in [0.25, 0.3) is 0 Å². The smallest absolute Gasteiger partial charge is 0.262 e. The molecule has 96 valence electrons. The highest BCUT2D eigenvalue weighted by atomic mass is 16.2. The molecule has 0 bridgehead atoms. The van der Waals surface area contributed by atoms with E-state index in [9.17, 15) is 14.9 Å². The van der Waals surface area contributed by atoms with Crippen molar-refractivity contribution in [3.8, 4) is 6.07 Å². The standard InChI is InChI=1S/C16H10N2O2/c17-10-14(11-6-2-1-3-7-11)18-15(19)12-8-4-5-9-13(12)16(18)20/h1-9,14H/t14-/m0/s1. The maximum absolute atomic E-state index is 12.3. The van der Waals surface area contributed by atoms with Crippen LogP contribution in [-0.2, 0) is 0 Å². The average molecular weight is 262 g/mol. The first kappa shape index (κ1) is 12.1. The summed E-state index contributed by atoms with van der Waals surface area (Å²) < 4.78 is 0. The Morgan fingerprint density at radius 1 is 0.850 bits per heavy atom. The molecule has 0 radical (unpaired) electrons. The number of hydrogen-bond donors (Lipinski definition) is 0. The van der Waals surface area contributed by atoms with E-state index in [1.165, 1.54) is 0 Å². The van der Waals surface area contributed by atoms with Crippen molar-refractivity contribution < 1.29 is 9.59 Å². The number of amides is 2. The maximum atomic E-state index is 12.3. The third kappa shape index (κ3) is 1.69. The Labute approximate surface area is 115 Å². The van der Waals surface area contributed by atoms with Gasteiger partial charge in [-0.15, -0.1) is 0 Å². The van der Waals surface area contributed by atoms with Crippen LogP contribution in [0, 0.1) is 11.3 Å². The van der Waals surface area contributed by atoms with Gasteiger partial charge in [0, 0.05) is 0 Å². The van der Waals surface area contributed by atoms with Crippen LogP contribution in [0.4, 0.5) is 0 Å². The van der Waals surface area contributed by atoms with Crippen molar-refractivity contribution in [2.24, 2.45) is 0 Å². The quantitative estimate of drug-likeness (QED) is 0.781. The largest absolute Gasteiger partial charge is 0.269 e. The Balaban J connectivity index is 2.06. The van der Waals surface area contributed by atoms with Gasteiger partial charge in [-0.25, -0.2) is 0 Å². The highest BCUT2D eigenvalue weighted by molar-refractivity contribution is 6.21. The van der Waals surface area contributed by atoms with Gasteiger partial charge in [0.1, 0.15) is 0 Å². The third-order valence-corrected chi connectivity index (χ3v) is 3.32. The molecule has 0 saturated carbocycles. The zero-order valence-electron chi connectivity index (χ0n) is 10.5. The molecule has 0 saturated heterocycles. The van der Waals surface area contributed by atoms with Crippen LogP contribution in [0.3, 0.4) is 0 Å². The number of nitrogens with zero attached hydrogens (tertiary/aromatic N) is 2. The van der Waals surface area contributed by atoms with Gasteiger partial charge in [-0.3, -0.25) is 14.5 Å². The van der Waals surface area contributed by atoms with Crippen molar-refractivity contribution >= 4 is 11.8 Å². The molecule has 2 amide bonds. The molecular formula is C16H10N2O2. The lowest BCUT2D eigenvalue weighted by atomic mass is 10.1. The summed E-state index contributed by atoms with van der Waals surface area (Å²) in [5, 5.41) is 9.36. The first-order valence-corrected chi connectivity index (χ1v) is 6.15. The minimum Gasteiger partial charge on any atom is -0.269 e. The van der Waals surface area contributed by atoms with Crippen LogP contribution in [0.2, 0.25) is 0 Å². The van der Waals surface area contributed by atoms with E-state index >= 15 is 0 Å². The first-order chi connectivity index (χ1) is 9.74. The summed E-state index contributed by atoms with van der Waals surface area (Å²) in [5.41, 5.74) is 1.34. The van der Waals surface area contributed by atoms with E-state index in [1.807, 2.05) is 12.1 Å². The SMILES string of the molecule is N#C[C@@H](c1ccccc1)N1C(=O)c2ccccc2C1=O. The summed E-state index contributed by atoms with van der Waals surface area (Å²) >= 11 is 0. The lowest BCUT2D eigenvalue weighted by Crippen LogP contribution is -2.33. The summed E-state index contributed by atoms with van der Waals surface area (Å²) in [6.45, 7) is 0. The molecule has 4 heteroatoms. The summed E-state index contributed by atoms with van der Waals surface area (Å²) in [4.78, 5) is 25.7. The molecule has 1 aliphatic rings. The van der Waals surface area contributed by atoms with E-state index in [1.54, 1.807) is 48.5 Å². The van der Waals surface area contributed by atoms with Crippen LogP contribution < -0.4 is 0 Å². The van der Waals surface area contributed by atoms with Crippen molar-refractivity contribution in [1.29, 1.82) is 5.26 Å². The van der Waals surface area contributed by atoms with Crippen LogP contribution in [0.15, 0.2) is 54.6 Å². The van der Waals surface area contributed by atoms with Gasteiger partial charge in [0.2, 0.25) is 0 Å². The van der Waals surface area contributed by atoms with Crippen molar-refractivity contribution in [2.45, 2.75) is 6.04 Å². The van der Waals surface area contributed by atoms with Crippen LogP contribution in [0.1, 0.15) is 32.3 Å². The fourth-order valence-electron chi connectivity index (χ4n) is 2.36. The van der Waals surface area contributed by atoms with Gasteiger partial charge in [-0.05, 0) is 17.7 Å². The molecule has 1 aliphatic heterocycles. The summed E-state index contributed by atoms with van der Waals surface area (Å²) in [6, 6.07) is 16.6. The second-order valence-electron chi connectivity index (χ2n) is 4.47. The van der Waals surface area contributed by atoms with Gasteiger partial charge in [0.25, 0.3) is 11.8 Å². The number of imide groups is 1. The maximum Gasteiger partial charge on any atom is 0.262 e. The first-order valence-electron chi connectivity index (χ1n) is 6.15. The van der Waals surface area contributed by atoms with Gasteiger partial charge >= 0.3 is 0 Å². The molecule has 20 heavy (non-hydrogen) atoms. The molecular weight excluding hydrogens is 252 g/mol. The lowest BCUT2D eigenvalue weighted by molar-refractivity contribution is 0.0618. The van der Waals surface area contributed by atoms with E-state index in [2.05, 4.69) is 0 Å². The van der Waals surface area contributed by atoms with Gasteiger partial charge in [-0.1, -0.05) is 42.5 Å². The van der Waals surface area contributed by atoms with Crippen molar-refractivity contribution in [1.82, 2.24) is 4.90 Å². The van der Waals surface area contributed by atoms with Crippen molar-refractivity contribution in [3.63, 3.8) is 0 Å². The Morgan fingerprint density at radius 2 is 1.35 bits per heavy atom. The van der Waals surface area contributed by atoms with Gasteiger partial charge in [-0.2, -0.15) is 5.26 Å². The topological polar surface area (TPSA) is 61.2 Å². The molecule has 2 aromatic carbocycles. The van der Waals surface area contributed by atoms with E-state index in [4.69, 9.17) is 0 Å². The molecule has 1 heterocycles. The second kappa shape index (κ2) is 4.63. The molecule has 0 aromatic heterocycles. The van der Waals surface area contributed by atoms with Gasteiger partial charge < -0.3 is 0 Å². The summed E-state index contributed by atoms with van der Waals surface area (Å²) in [7, 11) is 0. The molecule has 0 unspecified atom stereocenters. The number of carbonyl (C=O) groups excluding carboxylic acids is 2. The Kier molecular flexibility index (Phi) is 2.81. The van der Waals surface area contributed by atoms with E-state index in [0.29, 0.717) is 16.7 Å². The van der Waals surface area contributed by atoms with Crippen molar-refractivity contribution in [2.75, 3.05) is 0 Å². The van der Waals surface area contributed by atoms with Crippen LogP contribution in [0.5, 0.6) is 0 Å². The Hall–Kier alpha value is -2.93. The number of rotatable bonds is 2.